The lowest BCUT2D eigenvalue weighted by Gasteiger charge is -2.05. The zero-order chi connectivity index (χ0) is 23.2. The quantitative estimate of drug-likeness (QED) is 0.102. The molecule has 0 saturated heterocycles. The second-order valence-corrected chi connectivity index (χ2v) is 10.5. The van der Waals surface area contributed by atoms with Crippen molar-refractivity contribution in [1.82, 2.24) is 0 Å². The first kappa shape index (κ1) is 32.0. The second-order valence-electron chi connectivity index (χ2n) is 10.5. The van der Waals surface area contributed by atoms with E-state index in [9.17, 15) is 0 Å². The Labute approximate surface area is 205 Å². The lowest BCUT2D eigenvalue weighted by Crippen LogP contribution is -1.96. The van der Waals surface area contributed by atoms with E-state index in [-0.39, 0.29) is 0 Å². The first-order valence-electron chi connectivity index (χ1n) is 15.5. The molecule has 0 amide bonds. The van der Waals surface area contributed by atoms with Crippen molar-refractivity contribution < 1.29 is 4.74 Å². The highest BCUT2D eigenvalue weighted by Crippen LogP contribution is 2.15. The van der Waals surface area contributed by atoms with Gasteiger partial charge in [-0.1, -0.05) is 174 Å². The van der Waals surface area contributed by atoms with Crippen LogP contribution < -0.4 is 0 Å². The largest absolute Gasteiger partial charge is 0.381 e. The summed E-state index contributed by atoms with van der Waals surface area (Å²) >= 11 is 0. The van der Waals surface area contributed by atoms with Crippen LogP contribution in [0.4, 0.5) is 0 Å². The van der Waals surface area contributed by atoms with Crippen LogP contribution >= 0.6 is 0 Å². The molecule has 0 fully saturated rings. The SMILES string of the molecule is CCCCCCCCCCCCCCCCCCCCCCCCCCCOCCCC. The molecule has 0 aliphatic heterocycles. The first-order chi connectivity index (χ1) is 15.9. The third-order valence-electron chi connectivity index (χ3n) is 7.03. The van der Waals surface area contributed by atoms with Crippen LogP contribution in [-0.4, -0.2) is 13.2 Å². The molecule has 1 nitrogen and oxygen atoms in total. The summed E-state index contributed by atoms with van der Waals surface area (Å²) in [6, 6.07) is 0. The van der Waals surface area contributed by atoms with Gasteiger partial charge in [0, 0.05) is 13.2 Å². The highest BCUT2D eigenvalue weighted by atomic mass is 16.5. The lowest BCUT2D eigenvalue weighted by atomic mass is 10.0. The molecule has 0 aromatic carbocycles. The number of hydrogen-bond donors (Lipinski definition) is 0. The van der Waals surface area contributed by atoms with E-state index in [1.54, 1.807) is 0 Å². The van der Waals surface area contributed by atoms with Gasteiger partial charge in [0.25, 0.3) is 0 Å². The maximum Gasteiger partial charge on any atom is 0.0466 e. The molecule has 0 unspecified atom stereocenters. The molecule has 194 valence electrons. The van der Waals surface area contributed by atoms with Crippen molar-refractivity contribution in [2.75, 3.05) is 13.2 Å². The van der Waals surface area contributed by atoms with Gasteiger partial charge in [-0.25, -0.2) is 0 Å². The molecule has 0 atom stereocenters. The minimum absolute atomic E-state index is 0.968. The summed E-state index contributed by atoms with van der Waals surface area (Å²) in [5, 5.41) is 0. The molecule has 0 N–H and O–H groups in total. The van der Waals surface area contributed by atoms with Crippen LogP contribution in [0.2, 0.25) is 0 Å². The van der Waals surface area contributed by atoms with E-state index in [0.29, 0.717) is 0 Å². The van der Waals surface area contributed by atoms with E-state index in [1.165, 1.54) is 173 Å². The summed E-state index contributed by atoms with van der Waals surface area (Å²) in [5.74, 6) is 0. The molecule has 0 rings (SSSR count). The summed E-state index contributed by atoms with van der Waals surface area (Å²) in [6.45, 7) is 6.48. The van der Waals surface area contributed by atoms with Gasteiger partial charge in [-0.05, 0) is 12.8 Å². The molecule has 0 spiro atoms. The molecule has 0 radical (unpaired) electrons. The van der Waals surface area contributed by atoms with Crippen molar-refractivity contribution in [3.05, 3.63) is 0 Å². The molecule has 0 aliphatic carbocycles. The highest BCUT2D eigenvalue weighted by Gasteiger charge is 1.96. The van der Waals surface area contributed by atoms with Crippen LogP contribution in [0.5, 0.6) is 0 Å². The topological polar surface area (TPSA) is 9.23 Å². The lowest BCUT2D eigenvalue weighted by molar-refractivity contribution is 0.127. The van der Waals surface area contributed by atoms with Gasteiger partial charge < -0.3 is 4.74 Å². The predicted octanol–water partition coefficient (Wildman–Crippen LogP) is 11.6. The van der Waals surface area contributed by atoms with Gasteiger partial charge in [0.05, 0.1) is 0 Å². The van der Waals surface area contributed by atoms with Gasteiger partial charge in [-0.15, -0.1) is 0 Å². The number of rotatable bonds is 29. The maximum absolute atomic E-state index is 5.63. The average molecular weight is 453 g/mol. The van der Waals surface area contributed by atoms with E-state index >= 15 is 0 Å². The number of ether oxygens (including phenoxy) is 1. The van der Waals surface area contributed by atoms with E-state index in [1.807, 2.05) is 0 Å². The predicted molar refractivity (Wildman–Crippen MR) is 147 cm³/mol. The molecular formula is C31H64O. The zero-order valence-electron chi connectivity index (χ0n) is 22.9. The van der Waals surface area contributed by atoms with E-state index < -0.39 is 0 Å². The maximum atomic E-state index is 5.63. The Hall–Kier alpha value is -0.0400. The molecular weight excluding hydrogens is 388 g/mol. The Morgan fingerprint density at radius 3 is 0.750 bits per heavy atom. The first-order valence-corrected chi connectivity index (χ1v) is 15.5. The van der Waals surface area contributed by atoms with Crippen LogP contribution in [0.1, 0.15) is 187 Å². The van der Waals surface area contributed by atoms with E-state index in [0.717, 1.165) is 13.2 Å². The van der Waals surface area contributed by atoms with Gasteiger partial charge in [0.15, 0.2) is 0 Å². The normalized spacial score (nSPS) is 11.4. The van der Waals surface area contributed by atoms with Crippen molar-refractivity contribution >= 4 is 0 Å². The third-order valence-corrected chi connectivity index (χ3v) is 7.03. The van der Waals surface area contributed by atoms with Gasteiger partial charge in [-0.2, -0.15) is 0 Å². The van der Waals surface area contributed by atoms with Gasteiger partial charge in [0.1, 0.15) is 0 Å². The van der Waals surface area contributed by atoms with Crippen molar-refractivity contribution in [3.63, 3.8) is 0 Å². The van der Waals surface area contributed by atoms with E-state index in [2.05, 4.69) is 13.8 Å². The minimum Gasteiger partial charge on any atom is -0.381 e. The fourth-order valence-electron chi connectivity index (χ4n) is 4.69. The number of hydrogen-bond acceptors (Lipinski definition) is 1. The fraction of sp³-hybridized carbons (Fsp3) is 1.00. The highest BCUT2D eigenvalue weighted by molar-refractivity contribution is 4.51. The Kier molecular flexibility index (Phi) is 30.9. The molecule has 0 aromatic heterocycles. The van der Waals surface area contributed by atoms with Gasteiger partial charge in [-0.3, -0.25) is 0 Å². The Bertz CT molecular complexity index is 271. The smallest absolute Gasteiger partial charge is 0.0466 e. The number of unbranched alkanes of at least 4 members (excludes halogenated alkanes) is 25. The van der Waals surface area contributed by atoms with Crippen molar-refractivity contribution in [1.29, 1.82) is 0 Å². The van der Waals surface area contributed by atoms with Gasteiger partial charge >= 0.3 is 0 Å². The molecule has 0 saturated carbocycles. The second kappa shape index (κ2) is 31.0. The molecule has 0 heterocycles. The zero-order valence-corrected chi connectivity index (χ0v) is 22.9. The Morgan fingerprint density at radius 2 is 0.469 bits per heavy atom. The molecule has 0 aliphatic rings. The summed E-state index contributed by atoms with van der Waals surface area (Å²) in [6.07, 6.45) is 38.9. The average Bonchev–Trinajstić information content (AvgIpc) is 2.81. The van der Waals surface area contributed by atoms with Crippen molar-refractivity contribution in [2.45, 2.75) is 187 Å². The van der Waals surface area contributed by atoms with Crippen LogP contribution in [0.15, 0.2) is 0 Å². The third kappa shape index (κ3) is 30.0. The molecule has 0 aromatic rings. The molecule has 1 heteroatoms. The summed E-state index contributed by atoms with van der Waals surface area (Å²) < 4.78 is 5.63. The minimum atomic E-state index is 0.968. The van der Waals surface area contributed by atoms with E-state index in [4.69, 9.17) is 4.74 Å². The summed E-state index contributed by atoms with van der Waals surface area (Å²) in [5.41, 5.74) is 0. The monoisotopic (exact) mass is 452 g/mol. The summed E-state index contributed by atoms with van der Waals surface area (Å²) in [4.78, 5) is 0. The standard InChI is InChI=1S/C31H64O/c1-3-5-7-8-9-10-11-12-13-14-15-16-17-18-19-20-21-22-23-24-25-26-27-28-29-31-32-30-6-4-2/h3-31H2,1-2H3. The van der Waals surface area contributed by atoms with Crippen molar-refractivity contribution in [3.8, 4) is 0 Å². The summed E-state index contributed by atoms with van der Waals surface area (Å²) in [7, 11) is 0. The van der Waals surface area contributed by atoms with Gasteiger partial charge in [0.2, 0.25) is 0 Å². The van der Waals surface area contributed by atoms with Crippen LogP contribution in [-0.2, 0) is 4.74 Å². The van der Waals surface area contributed by atoms with Crippen molar-refractivity contribution in [2.24, 2.45) is 0 Å². The van der Waals surface area contributed by atoms with Crippen LogP contribution in [0, 0.1) is 0 Å². The van der Waals surface area contributed by atoms with Crippen LogP contribution in [0.3, 0.4) is 0 Å². The van der Waals surface area contributed by atoms with Crippen LogP contribution in [0.25, 0.3) is 0 Å². The Morgan fingerprint density at radius 1 is 0.250 bits per heavy atom. The molecule has 0 bridgehead atoms. The Balaban J connectivity index is 2.98. The molecule has 32 heavy (non-hydrogen) atoms. The fourth-order valence-corrected chi connectivity index (χ4v) is 4.69.